The first-order valence-electron chi connectivity index (χ1n) is 12.7. The summed E-state index contributed by atoms with van der Waals surface area (Å²) in [5.74, 6) is -0.450. The van der Waals surface area contributed by atoms with Crippen LogP contribution >= 0.6 is 11.6 Å². The lowest BCUT2D eigenvalue weighted by Gasteiger charge is -2.23. The summed E-state index contributed by atoms with van der Waals surface area (Å²) in [5.41, 5.74) is 4.22. The first-order valence-corrected chi connectivity index (χ1v) is 13.1. The number of carbonyl (C=O) groups is 2. The predicted molar refractivity (Wildman–Crippen MR) is 152 cm³/mol. The Morgan fingerprint density at radius 2 is 1.64 bits per heavy atom. The number of fused-ring (bicyclic) bond motifs is 1. The van der Waals surface area contributed by atoms with Gasteiger partial charge in [0.15, 0.2) is 0 Å². The third-order valence-corrected chi connectivity index (χ3v) is 7.27. The van der Waals surface area contributed by atoms with Crippen LogP contribution in [0.25, 0.3) is 33.4 Å². The average Bonchev–Trinajstić information content (AvgIpc) is 3.72. The maximum Gasteiger partial charge on any atom is 0.258 e. The highest BCUT2D eigenvalue weighted by atomic mass is 35.5. The van der Waals surface area contributed by atoms with Crippen molar-refractivity contribution < 1.29 is 18.4 Å². The van der Waals surface area contributed by atoms with Crippen LogP contribution < -0.4 is 10.2 Å². The van der Waals surface area contributed by atoms with Gasteiger partial charge in [-0.05, 0) is 85.1 Å². The van der Waals surface area contributed by atoms with E-state index in [0.29, 0.717) is 44.0 Å². The van der Waals surface area contributed by atoms with Crippen LogP contribution in [0.2, 0.25) is 5.02 Å². The van der Waals surface area contributed by atoms with Gasteiger partial charge >= 0.3 is 0 Å². The predicted octanol–water partition coefficient (Wildman–Crippen LogP) is 7.73. The summed E-state index contributed by atoms with van der Waals surface area (Å²) in [6.07, 6.45) is 1.94. The normalized spacial score (nSPS) is 12.9. The fourth-order valence-electron chi connectivity index (χ4n) is 4.85. The van der Waals surface area contributed by atoms with Crippen LogP contribution in [0.15, 0.2) is 95.4 Å². The Morgan fingerprint density at radius 3 is 2.33 bits per heavy atom. The Balaban J connectivity index is 1.44. The molecular formula is C32H24ClFN2O3. The van der Waals surface area contributed by atoms with Gasteiger partial charge < -0.3 is 14.6 Å². The van der Waals surface area contributed by atoms with Gasteiger partial charge in [-0.15, -0.1) is 0 Å². The molecule has 6 rings (SSSR count). The van der Waals surface area contributed by atoms with E-state index in [2.05, 4.69) is 5.32 Å². The lowest BCUT2D eigenvalue weighted by atomic mass is 9.98. The minimum absolute atomic E-state index is 0.0874. The van der Waals surface area contributed by atoms with E-state index in [4.69, 9.17) is 16.0 Å². The van der Waals surface area contributed by atoms with Crippen molar-refractivity contribution in [3.63, 3.8) is 0 Å². The summed E-state index contributed by atoms with van der Waals surface area (Å²) in [7, 11) is 1.55. The van der Waals surface area contributed by atoms with Crippen LogP contribution in [0.1, 0.15) is 33.6 Å². The summed E-state index contributed by atoms with van der Waals surface area (Å²) in [4.78, 5) is 28.5. The number of amides is 2. The Bertz CT molecular complexity index is 1710. The first-order chi connectivity index (χ1) is 18.9. The van der Waals surface area contributed by atoms with Crippen LogP contribution in [0.3, 0.4) is 0 Å². The first kappa shape index (κ1) is 24.9. The highest BCUT2D eigenvalue weighted by molar-refractivity contribution is 6.33. The molecule has 0 unspecified atom stereocenters. The molecule has 0 spiro atoms. The second kappa shape index (κ2) is 10.0. The molecule has 1 saturated carbocycles. The van der Waals surface area contributed by atoms with Crippen LogP contribution in [0.4, 0.5) is 10.1 Å². The summed E-state index contributed by atoms with van der Waals surface area (Å²) in [6.45, 7) is 0. The smallest absolute Gasteiger partial charge is 0.258 e. The number of hydrogen-bond acceptors (Lipinski definition) is 3. The summed E-state index contributed by atoms with van der Waals surface area (Å²) in [6, 6.07) is 26.4. The number of nitrogens with one attached hydrogen (secondary N) is 1. The molecule has 1 N–H and O–H groups in total. The van der Waals surface area contributed by atoms with Gasteiger partial charge in [0.25, 0.3) is 11.8 Å². The molecule has 7 heteroatoms. The Labute approximate surface area is 229 Å². The zero-order valence-electron chi connectivity index (χ0n) is 21.1. The van der Waals surface area contributed by atoms with Crippen LogP contribution in [-0.4, -0.2) is 24.9 Å². The van der Waals surface area contributed by atoms with Crippen molar-refractivity contribution in [3.8, 4) is 22.5 Å². The third kappa shape index (κ3) is 4.68. The summed E-state index contributed by atoms with van der Waals surface area (Å²) < 4.78 is 19.6. The largest absolute Gasteiger partial charge is 0.455 e. The molecule has 1 fully saturated rings. The highest BCUT2D eigenvalue weighted by Gasteiger charge is 2.34. The molecule has 0 aliphatic heterocycles. The molecule has 5 nitrogen and oxygen atoms in total. The minimum Gasteiger partial charge on any atom is -0.455 e. The molecule has 194 valence electrons. The number of carbonyl (C=O) groups excluding carboxylic acids is 2. The van der Waals surface area contributed by atoms with Crippen LogP contribution in [0.5, 0.6) is 0 Å². The van der Waals surface area contributed by atoms with Gasteiger partial charge in [0.05, 0.1) is 5.56 Å². The molecular weight excluding hydrogens is 515 g/mol. The molecule has 0 bridgehead atoms. The van der Waals surface area contributed by atoms with E-state index in [0.717, 1.165) is 24.1 Å². The van der Waals surface area contributed by atoms with E-state index >= 15 is 0 Å². The van der Waals surface area contributed by atoms with Gasteiger partial charge in [-0.25, -0.2) is 4.39 Å². The Hall–Kier alpha value is -4.42. The second-order valence-corrected chi connectivity index (χ2v) is 9.95. The number of hydrogen-bond donors (Lipinski definition) is 1. The molecule has 0 atom stereocenters. The topological polar surface area (TPSA) is 62.6 Å². The molecule has 1 heterocycles. The van der Waals surface area contributed by atoms with Gasteiger partial charge in [-0.1, -0.05) is 35.9 Å². The molecule has 0 saturated heterocycles. The van der Waals surface area contributed by atoms with Crippen molar-refractivity contribution in [2.75, 3.05) is 11.9 Å². The molecule has 4 aromatic carbocycles. The molecule has 1 aliphatic rings. The molecule has 2 amide bonds. The summed E-state index contributed by atoms with van der Waals surface area (Å²) >= 11 is 6.64. The fraction of sp³-hybridized carbons (Fsp3) is 0.125. The van der Waals surface area contributed by atoms with E-state index in [1.807, 2.05) is 47.4 Å². The Morgan fingerprint density at radius 1 is 0.923 bits per heavy atom. The minimum atomic E-state index is -0.379. The zero-order chi connectivity index (χ0) is 27.1. The second-order valence-electron chi connectivity index (χ2n) is 9.54. The van der Waals surface area contributed by atoms with Gasteiger partial charge in [0, 0.05) is 45.9 Å². The van der Waals surface area contributed by atoms with E-state index < -0.39 is 0 Å². The number of furan rings is 1. The molecule has 1 aliphatic carbocycles. The zero-order valence-corrected chi connectivity index (χ0v) is 21.8. The van der Waals surface area contributed by atoms with Gasteiger partial charge in [-0.2, -0.15) is 0 Å². The van der Waals surface area contributed by atoms with Gasteiger partial charge in [-0.3, -0.25) is 9.59 Å². The quantitative estimate of drug-likeness (QED) is 0.240. The lowest BCUT2D eigenvalue weighted by Crippen LogP contribution is -2.33. The van der Waals surface area contributed by atoms with Crippen LogP contribution in [-0.2, 0) is 0 Å². The van der Waals surface area contributed by atoms with Crippen molar-refractivity contribution in [1.82, 2.24) is 5.32 Å². The van der Waals surface area contributed by atoms with Gasteiger partial charge in [0.2, 0.25) is 0 Å². The molecule has 1 aromatic heterocycles. The number of rotatable bonds is 6. The van der Waals surface area contributed by atoms with Gasteiger partial charge in [0.1, 0.15) is 17.2 Å². The molecule has 5 aromatic rings. The Kier molecular flexibility index (Phi) is 6.41. The number of benzene rings is 4. The number of halogens is 2. The van der Waals surface area contributed by atoms with E-state index in [-0.39, 0.29) is 23.7 Å². The molecule has 39 heavy (non-hydrogen) atoms. The fourth-order valence-corrected chi connectivity index (χ4v) is 5.08. The van der Waals surface area contributed by atoms with Crippen molar-refractivity contribution in [3.05, 3.63) is 113 Å². The number of para-hydroxylation sites is 1. The van der Waals surface area contributed by atoms with Crippen molar-refractivity contribution in [2.24, 2.45) is 0 Å². The van der Waals surface area contributed by atoms with Crippen LogP contribution in [0, 0.1) is 5.82 Å². The SMILES string of the molecule is CNC(=O)c1c(-c2ccc(F)cc2)oc2ccc(-c3cc(C(=O)N(c4ccccc4)C4CC4)ccc3Cl)cc12. The monoisotopic (exact) mass is 538 g/mol. The maximum atomic E-state index is 13.7. The maximum absolute atomic E-state index is 13.7. The van der Waals surface area contributed by atoms with E-state index in [1.165, 1.54) is 12.1 Å². The highest BCUT2D eigenvalue weighted by Crippen LogP contribution is 2.39. The molecule has 0 radical (unpaired) electrons. The summed E-state index contributed by atoms with van der Waals surface area (Å²) in [5, 5.41) is 3.74. The average molecular weight is 539 g/mol. The third-order valence-electron chi connectivity index (χ3n) is 6.94. The van der Waals surface area contributed by atoms with Crippen molar-refractivity contribution in [2.45, 2.75) is 18.9 Å². The van der Waals surface area contributed by atoms with E-state index in [9.17, 15) is 14.0 Å². The standard InChI is InChI=1S/C32H24ClFN2O3/c1-35-31(37)29-26-17-20(10-16-28(26)39-30(29)19-7-11-22(34)12-8-19)25-18-21(9-15-27(25)33)32(38)36(24-13-14-24)23-5-3-2-4-6-23/h2-12,15-18,24H,13-14H2,1H3,(H,35,37). The van der Waals surface area contributed by atoms with Crippen molar-refractivity contribution >= 4 is 40.1 Å². The van der Waals surface area contributed by atoms with E-state index in [1.54, 1.807) is 43.4 Å². The van der Waals surface area contributed by atoms with Crippen molar-refractivity contribution in [1.29, 1.82) is 0 Å². The lowest BCUT2D eigenvalue weighted by molar-refractivity contribution is 0.0962. The number of nitrogens with zero attached hydrogens (tertiary/aromatic N) is 1. The number of anilines is 1.